The van der Waals surface area contributed by atoms with Gasteiger partial charge in [0.25, 0.3) is 0 Å². The molecule has 1 atom stereocenters. The monoisotopic (exact) mass is 410 g/mol. The number of hydrogen-bond acceptors (Lipinski definition) is 6. The molecule has 2 amide bonds. The topological polar surface area (TPSA) is 76.1 Å². The van der Waals surface area contributed by atoms with E-state index in [4.69, 9.17) is 9.47 Å². The van der Waals surface area contributed by atoms with E-state index in [1.54, 1.807) is 6.92 Å². The lowest BCUT2D eigenvalue weighted by atomic mass is 10.1. The SMILES string of the molecule is CCOC(=O)C(CC(=O)N1CCOC1=O)N(Cc1ccccc1)Cc1ccccc1. The molecule has 7 nitrogen and oxygen atoms in total. The molecule has 3 rings (SSSR count). The highest BCUT2D eigenvalue weighted by Gasteiger charge is 2.35. The number of amides is 2. The molecule has 1 unspecified atom stereocenters. The van der Waals surface area contributed by atoms with Crippen LogP contribution in [0.3, 0.4) is 0 Å². The third kappa shape index (κ3) is 5.67. The van der Waals surface area contributed by atoms with Crippen molar-refractivity contribution in [2.75, 3.05) is 19.8 Å². The number of carbonyl (C=O) groups excluding carboxylic acids is 3. The van der Waals surface area contributed by atoms with Crippen molar-refractivity contribution in [3.63, 3.8) is 0 Å². The molecule has 0 N–H and O–H groups in total. The Morgan fingerprint density at radius 1 is 1.03 bits per heavy atom. The number of ether oxygens (including phenoxy) is 2. The van der Waals surface area contributed by atoms with Crippen LogP contribution in [0.5, 0.6) is 0 Å². The molecule has 0 spiro atoms. The second-order valence-corrected chi connectivity index (χ2v) is 7.01. The molecular formula is C23H26N2O5. The van der Waals surface area contributed by atoms with Crippen molar-refractivity contribution in [3.8, 4) is 0 Å². The summed E-state index contributed by atoms with van der Waals surface area (Å²) in [7, 11) is 0. The van der Waals surface area contributed by atoms with Gasteiger partial charge in [0.2, 0.25) is 5.91 Å². The van der Waals surface area contributed by atoms with E-state index in [1.807, 2.05) is 65.6 Å². The van der Waals surface area contributed by atoms with Crippen LogP contribution in [-0.4, -0.2) is 53.6 Å². The first kappa shape index (κ1) is 21.5. The van der Waals surface area contributed by atoms with Crippen molar-refractivity contribution in [2.24, 2.45) is 0 Å². The van der Waals surface area contributed by atoms with Gasteiger partial charge in [0.05, 0.1) is 19.6 Å². The summed E-state index contributed by atoms with van der Waals surface area (Å²) in [5.74, 6) is -0.924. The summed E-state index contributed by atoms with van der Waals surface area (Å²) >= 11 is 0. The molecule has 1 heterocycles. The fraction of sp³-hybridized carbons (Fsp3) is 0.348. The summed E-state index contributed by atoms with van der Waals surface area (Å²) in [4.78, 5) is 40.4. The van der Waals surface area contributed by atoms with E-state index in [0.717, 1.165) is 16.0 Å². The van der Waals surface area contributed by atoms with Gasteiger partial charge in [-0.15, -0.1) is 0 Å². The van der Waals surface area contributed by atoms with Crippen LogP contribution >= 0.6 is 0 Å². The van der Waals surface area contributed by atoms with Gasteiger partial charge in [0.15, 0.2) is 0 Å². The van der Waals surface area contributed by atoms with E-state index in [0.29, 0.717) is 13.1 Å². The molecule has 0 radical (unpaired) electrons. The number of esters is 1. The molecule has 1 aliphatic heterocycles. The zero-order chi connectivity index (χ0) is 21.3. The van der Waals surface area contributed by atoms with E-state index < -0.39 is 24.0 Å². The van der Waals surface area contributed by atoms with Crippen LogP contribution in [0.1, 0.15) is 24.5 Å². The van der Waals surface area contributed by atoms with E-state index in [-0.39, 0.29) is 26.2 Å². The smallest absolute Gasteiger partial charge is 0.416 e. The molecule has 1 saturated heterocycles. The van der Waals surface area contributed by atoms with E-state index in [2.05, 4.69) is 0 Å². The quantitative estimate of drug-likeness (QED) is 0.592. The molecule has 30 heavy (non-hydrogen) atoms. The predicted octanol–water partition coefficient (Wildman–Crippen LogP) is 2.99. The molecule has 0 saturated carbocycles. The van der Waals surface area contributed by atoms with Gasteiger partial charge < -0.3 is 9.47 Å². The van der Waals surface area contributed by atoms with Crippen molar-refractivity contribution in [1.82, 2.24) is 9.80 Å². The first-order valence-corrected chi connectivity index (χ1v) is 10.0. The van der Waals surface area contributed by atoms with Crippen LogP contribution in [0.25, 0.3) is 0 Å². The van der Waals surface area contributed by atoms with Gasteiger partial charge in [-0.2, -0.15) is 0 Å². The van der Waals surface area contributed by atoms with E-state index in [9.17, 15) is 14.4 Å². The highest BCUT2D eigenvalue weighted by Crippen LogP contribution is 2.19. The summed E-state index contributed by atoms with van der Waals surface area (Å²) in [5.41, 5.74) is 2.02. The standard InChI is InChI=1S/C23H26N2O5/c1-2-29-22(27)20(15-21(26)25-13-14-30-23(25)28)24(16-18-9-5-3-6-10-18)17-19-11-7-4-8-12-19/h3-12,20H,2,13-17H2,1H3. The molecule has 0 aliphatic carbocycles. The van der Waals surface area contributed by atoms with Crippen molar-refractivity contribution >= 4 is 18.0 Å². The summed E-state index contributed by atoms with van der Waals surface area (Å²) in [6, 6.07) is 18.6. The Morgan fingerprint density at radius 3 is 2.07 bits per heavy atom. The van der Waals surface area contributed by atoms with Crippen molar-refractivity contribution < 1.29 is 23.9 Å². The van der Waals surface area contributed by atoms with Crippen LogP contribution in [-0.2, 0) is 32.2 Å². The fourth-order valence-electron chi connectivity index (χ4n) is 3.41. The molecule has 7 heteroatoms. The zero-order valence-corrected chi connectivity index (χ0v) is 17.0. The van der Waals surface area contributed by atoms with Gasteiger partial charge in [-0.1, -0.05) is 60.7 Å². The van der Waals surface area contributed by atoms with Gasteiger partial charge in [0.1, 0.15) is 12.6 Å². The third-order valence-electron chi connectivity index (χ3n) is 4.89. The maximum absolute atomic E-state index is 12.8. The molecule has 1 fully saturated rings. The van der Waals surface area contributed by atoms with Crippen LogP contribution < -0.4 is 0 Å². The second-order valence-electron chi connectivity index (χ2n) is 7.01. The summed E-state index contributed by atoms with van der Waals surface area (Å²) in [6.07, 6.45) is -0.826. The Kier molecular flexibility index (Phi) is 7.57. The first-order valence-electron chi connectivity index (χ1n) is 10.0. The van der Waals surface area contributed by atoms with Gasteiger partial charge >= 0.3 is 12.1 Å². The van der Waals surface area contributed by atoms with E-state index in [1.165, 1.54) is 0 Å². The van der Waals surface area contributed by atoms with Crippen molar-refractivity contribution in [1.29, 1.82) is 0 Å². The number of benzene rings is 2. The lowest BCUT2D eigenvalue weighted by Crippen LogP contribution is -2.45. The minimum absolute atomic E-state index is 0.159. The Morgan fingerprint density at radius 2 is 1.60 bits per heavy atom. The Bertz CT molecular complexity index is 815. The highest BCUT2D eigenvalue weighted by molar-refractivity contribution is 5.95. The number of imide groups is 1. The highest BCUT2D eigenvalue weighted by atomic mass is 16.6. The fourth-order valence-corrected chi connectivity index (χ4v) is 3.41. The number of hydrogen-bond donors (Lipinski definition) is 0. The minimum atomic E-state index is -0.828. The van der Waals surface area contributed by atoms with Gasteiger partial charge in [0, 0.05) is 13.1 Å². The maximum atomic E-state index is 12.8. The molecule has 2 aromatic carbocycles. The Hall–Kier alpha value is -3.19. The lowest BCUT2D eigenvalue weighted by molar-refractivity contribution is -0.153. The molecule has 0 aromatic heterocycles. The lowest BCUT2D eigenvalue weighted by Gasteiger charge is -2.30. The molecular weight excluding hydrogens is 384 g/mol. The summed E-state index contributed by atoms with van der Waals surface area (Å²) in [5, 5.41) is 0. The van der Waals surface area contributed by atoms with Gasteiger partial charge in [-0.05, 0) is 18.1 Å². The minimum Gasteiger partial charge on any atom is -0.465 e. The van der Waals surface area contributed by atoms with Gasteiger partial charge in [-0.3, -0.25) is 14.5 Å². The van der Waals surface area contributed by atoms with Crippen LogP contribution in [0, 0.1) is 0 Å². The van der Waals surface area contributed by atoms with Crippen LogP contribution in [0.4, 0.5) is 4.79 Å². The van der Waals surface area contributed by atoms with Gasteiger partial charge in [-0.25, -0.2) is 9.69 Å². The van der Waals surface area contributed by atoms with Crippen molar-refractivity contribution in [3.05, 3.63) is 71.8 Å². The molecule has 158 valence electrons. The average molecular weight is 410 g/mol. The zero-order valence-electron chi connectivity index (χ0n) is 17.0. The van der Waals surface area contributed by atoms with E-state index >= 15 is 0 Å². The summed E-state index contributed by atoms with van der Waals surface area (Å²) < 4.78 is 10.1. The number of cyclic esters (lactones) is 1. The number of nitrogens with zero attached hydrogens (tertiary/aromatic N) is 2. The third-order valence-corrected chi connectivity index (χ3v) is 4.89. The van der Waals surface area contributed by atoms with Crippen LogP contribution in [0.2, 0.25) is 0 Å². The largest absolute Gasteiger partial charge is 0.465 e. The van der Waals surface area contributed by atoms with Crippen LogP contribution in [0.15, 0.2) is 60.7 Å². The normalized spacial score (nSPS) is 14.5. The Balaban J connectivity index is 1.86. The first-order chi connectivity index (χ1) is 14.6. The molecule has 0 bridgehead atoms. The Labute approximate surface area is 176 Å². The number of carbonyl (C=O) groups is 3. The number of rotatable bonds is 9. The summed E-state index contributed by atoms with van der Waals surface area (Å²) in [6.45, 7) is 3.22. The predicted molar refractivity (Wildman–Crippen MR) is 110 cm³/mol. The molecule has 1 aliphatic rings. The molecule has 2 aromatic rings. The average Bonchev–Trinajstić information content (AvgIpc) is 3.19. The second kappa shape index (κ2) is 10.5. The van der Waals surface area contributed by atoms with Crippen molar-refractivity contribution in [2.45, 2.75) is 32.5 Å². The maximum Gasteiger partial charge on any atom is 0.416 e.